The van der Waals surface area contributed by atoms with Crippen LogP contribution in [0, 0.1) is 0 Å². The lowest BCUT2D eigenvalue weighted by molar-refractivity contribution is 0.0117. The first kappa shape index (κ1) is 15.6. The van der Waals surface area contributed by atoms with E-state index in [9.17, 15) is 4.79 Å². The molecule has 1 fully saturated rings. The largest absolute Gasteiger partial charge is 0.378 e. The van der Waals surface area contributed by atoms with Gasteiger partial charge in [0.1, 0.15) is 5.69 Å². The second-order valence-electron chi connectivity index (χ2n) is 5.27. The number of carbonyl (C=O) groups excluding carboxylic acids is 1. The van der Waals surface area contributed by atoms with Gasteiger partial charge in [0.15, 0.2) is 0 Å². The Labute approximate surface area is 129 Å². The summed E-state index contributed by atoms with van der Waals surface area (Å²) in [6.07, 6.45) is 7.72. The fourth-order valence-electron chi connectivity index (χ4n) is 2.56. The molecule has 1 aliphatic heterocycles. The van der Waals surface area contributed by atoms with Crippen LogP contribution in [0.25, 0.3) is 0 Å². The van der Waals surface area contributed by atoms with Crippen LogP contribution in [-0.2, 0) is 11.3 Å². The highest BCUT2D eigenvalue weighted by Gasteiger charge is 2.15. The number of amides is 1. The number of carbonyl (C=O) groups is 1. The number of ether oxygens (including phenoxy) is 1. The van der Waals surface area contributed by atoms with E-state index in [4.69, 9.17) is 4.74 Å². The zero-order chi connectivity index (χ0) is 14.4. The fourth-order valence-corrected chi connectivity index (χ4v) is 3.03. The molecule has 1 aromatic heterocycles. The highest BCUT2D eigenvalue weighted by molar-refractivity contribution is 9.10. The van der Waals surface area contributed by atoms with Crippen LogP contribution in [0.15, 0.2) is 16.7 Å². The normalized spacial score (nSPS) is 19.0. The third-order valence-electron chi connectivity index (χ3n) is 3.59. The number of aryl methyl sites for hydroxylation is 1. The smallest absolute Gasteiger partial charge is 0.267 e. The van der Waals surface area contributed by atoms with Crippen LogP contribution < -0.4 is 5.32 Å². The lowest BCUT2D eigenvalue weighted by Crippen LogP contribution is -2.30. The number of hydrogen-bond acceptors (Lipinski definition) is 2. The maximum absolute atomic E-state index is 12.2. The molecular formula is C15H23BrN2O2. The van der Waals surface area contributed by atoms with Gasteiger partial charge in [-0.3, -0.25) is 4.79 Å². The van der Waals surface area contributed by atoms with Crippen molar-refractivity contribution in [2.24, 2.45) is 0 Å². The molecule has 0 aromatic carbocycles. The molecule has 1 aromatic rings. The summed E-state index contributed by atoms with van der Waals surface area (Å²) < 4.78 is 8.62. The van der Waals surface area contributed by atoms with Crippen LogP contribution in [0.2, 0.25) is 0 Å². The summed E-state index contributed by atoms with van der Waals surface area (Å²) in [7, 11) is 0. The summed E-state index contributed by atoms with van der Waals surface area (Å²) in [4.78, 5) is 12.2. The molecule has 0 aliphatic carbocycles. The number of nitrogens with one attached hydrogen (secondary N) is 1. The molecule has 0 radical (unpaired) electrons. The van der Waals surface area contributed by atoms with Crippen LogP contribution in [0.1, 0.15) is 49.5 Å². The van der Waals surface area contributed by atoms with Gasteiger partial charge in [-0.05, 0) is 54.1 Å². The number of aromatic nitrogens is 1. The second kappa shape index (κ2) is 7.84. The van der Waals surface area contributed by atoms with E-state index in [0.717, 1.165) is 42.6 Å². The summed E-state index contributed by atoms with van der Waals surface area (Å²) in [6, 6.07) is 1.88. The first-order valence-electron chi connectivity index (χ1n) is 7.46. The predicted molar refractivity (Wildman–Crippen MR) is 83.0 cm³/mol. The van der Waals surface area contributed by atoms with Gasteiger partial charge in [-0.25, -0.2) is 0 Å². The minimum atomic E-state index is -0.0000376. The quantitative estimate of drug-likeness (QED) is 0.861. The Hall–Kier alpha value is -0.810. The molecule has 0 bridgehead atoms. The molecular weight excluding hydrogens is 320 g/mol. The first-order valence-corrected chi connectivity index (χ1v) is 8.25. The van der Waals surface area contributed by atoms with Gasteiger partial charge < -0.3 is 14.6 Å². The predicted octanol–water partition coefficient (Wildman–Crippen LogP) is 3.35. The van der Waals surface area contributed by atoms with Gasteiger partial charge in [-0.1, -0.05) is 6.92 Å². The zero-order valence-corrected chi connectivity index (χ0v) is 13.6. The number of hydrogen-bond donors (Lipinski definition) is 1. The number of nitrogens with zero attached hydrogens (tertiary/aromatic N) is 1. The number of halogens is 1. The fraction of sp³-hybridized carbons (Fsp3) is 0.667. The van der Waals surface area contributed by atoms with Crippen LogP contribution in [0.5, 0.6) is 0 Å². The van der Waals surface area contributed by atoms with Crippen LogP contribution in [-0.4, -0.2) is 29.7 Å². The van der Waals surface area contributed by atoms with E-state index in [2.05, 4.69) is 28.2 Å². The van der Waals surface area contributed by atoms with E-state index in [1.807, 2.05) is 16.8 Å². The van der Waals surface area contributed by atoms with Crippen molar-refractivity contribution in [1.82, 2.24) is 9.88 Å². The molecule has 112 valence electrons. The highest BCUT2D eigenvalue weighted by Crippen LogP contribution is 2.17. The first-order chi connectivity index (χ1) is 9.70. The summed E-state index contributed by atoms with van der Waals surface area (Å²) >= 11 is 3.43. The SMILES string of the molecule is CCCn1cc(Br)cc1C(=O)NCCC1CCCCO1. The van der Waals surface area contributed by atoms with Gasteiger partial charge in [0, 0.05) is 30.4 Å². The lowest BCUT2D eigenvalue weighted by Gasteiger charge is -2.22. The minimum absolute atomic E-state index is 0.0000376. The van der Waals surface area contributed by atoms with Gasteiger partial charge in [-0.2, -0.15) is 0 Å². The third-order valence-corrected chi connectivity index (χ3v) is 4.02. The highest BCUT2D eigenvalue weighted by atomic mass is 79.9. The van der Waals surface area contributed by atoms with E-state index in [1.165, 1.54) is 12.8 Å². The molecule has 5 heteroatoms. The van der Waals surface area contributed by atoms with Gasteiger partial charge >= 0.3 is 0 Å². The summed E-state index contributed by atoms with van der Waals surface area (Å²) in [6.45, 7) is 4.51. The van der Waals surface area contributed by atoms with Crippen LogP contribution in [0.4, 0.5) is 0 Å². The Morgan fingerprint density at radius 1 is 1.55 bits per heavy atom. The van der Waals surface area contributed by atoms with Gasteiger partial charge in [0.2, 0.25) is 0 Å². The van der Waals surface area contributed by atoms with Crippen molar-refractivity contribution in [2.75, 3.05) is 13.2 Å². The Bertz CT molecular complexity index is 439. The zero-order valence-electron chi connectivity index (χ0n) is 12.0. The molecule has 1 amide bonds. The van der Waals surface area contributed by atoms with E-state index < -0.39 is 0 Å². The third kappa shape index (κ3) is 4.35. The Morgan fingerprint density at radius 3 is 3.10 bits per heavy atom. The average Bonchev–Trinajstić information content (AvgIpc) is 2.81. The van der Waals surface area contributed by atoms with E-state index in [1.54, 1.807) is 0 Å². The monoisotopic (exact) mass is 342 g/mol. The molecule has 2 rings (SSSR count). The van der Waals surface area contributed by atoms with Crippen LogP contribution in [0.3, 0.4) is 0 Å². The van der Waals surface area contributed by atoms with E-state index >= 15 is 0 Å². The standard InChI is InChI=1S/C15H23BrN2O2/c1-2-8-18-11-12(16)10-14(18)15(19)17-7-6-13-5-3-4-9-20-13/h10-11,13H,2-9H2,1H3,(H,17,19). The molecule has 1 N–H and O–H groups in total. The summed E-state index contributed by atoms with van der Waals surface area (Å²) in [5.74, 6) is -0.0000376. The van der Waals surface area contributed by atoms with Crippen molar-refractivity contribution in [3.8, 4) is 0 Å². The molecule has 1 aliphatic rings. The lowest BCUT2D eigenvalue weighted by atomic mass is 10.1. The van der Waals surface area contributed by atoms with Crippen molar-refractivity contribution in [2.45, 2.75) is 51.7 Å². The maximum Gasteiger partial charge on any atom is 0.267 e. The van der Waals surface area contributed by atoms with Crippen LogP contribution >= 0.6 is 15.9 Å². The van der Waals surface area contributed by atoms with E-state index in [0.29, 0.717) is 12.6 Å². The van der Waals surface area contributed by atoms with Gasteiger partial charge in [0.05, 0.1) is 6.10 Å². The van der Waals surface area contributed by atoms with Crippen molar-refractivity contribution >= 4 is 21.8 Å². The maximum atomic E-state index is 12.2. The molecule has 1 saturated heterocycles. The van der Waals surface area contributed by atoms with Gasteiger partial charge in [0.25, 0.3) is 5.91 Å². The molecule has 0 saturated carbocycles. The Balaban J connectivity index is 1.81. The topological polar surface area (TPSA) is 43.3 Å². The minimum Gasteiger partial charge on any atom is -0.378 e. The molecule has 20 heavy (non-hydrogen) atoms. The summed E-state index contributed by atoms with van der Waals surface area (Å²) in [5, 5.41) is 3.00. The molecule has 0 spiro atoms. The summed E-state index contributed by atoms with van der Waals surface area (Å²) in [5.41, 5.74) is 0.725. The Kier molecular flexibility index (Phi) is 6.10. The van der Waals surface area contributed by atoms with Crippen molar-refractivity contribution < 1.29 is 9.53 Å². The van der Waals surface area contributed by atoms with Gasteiger partial charge in [-0.15, -0.1) is 0 Å². The van der Waals surface area contributed by atoms with Crippen molar-refractivity contribution in [1.29, 1.82) is 0 Å². The van der Waals surface area contributed by atoms with Crippen molar-refractivity contribution in [3.63, 3.8) is 0 Å². The Morgan fingerprint density at radius 2 is 2.40 bits per heavy atom. The molecule has 4 nitrogen and oxygen atoms in total. The van der Waals surface area contributed by atoms with Crippen molar-refractivity contribution in [3.05, 3.63) is 22.4 Å². The molecule has 1 atom stereocenters. The molecule has 2 heterocycles. The molecule has 1 unspecified atom stereocenters. The average molecular weight is 343 g/mol. The second-order valence-corrected chi connectivity index (χ2v) is 6.19. The number of rotatable bonds is 6. The van der Waals surface area contributed by atoms with E-state index in [-0.39, 0.29) is 5.91 Å².